The van der Waals surface area contributed by atoms with Crippen molar-refractivity contribution in [3.8, 4) is 5.75 Å². The van der Waals surface area contributed by atoms with Crippen LogP contribution in [0.5, 0.6) is 5.75 Å². The second-order valence-electron chi connectivity index (χ2n) is 5.09. The summed E-state index contributed by atoms with van der Waals surface area (Å²) in [5.41, 5.74) is 0.334. The maximum atomic E-state index is 13.4. The van der Waals surface area contributed by atoms with Gasteiger partial charge in [-0.15, -0.1) is 4.36 Å². The predicted molar refractivity (Wildman–Crippen MR) is 98.1 cm³/mol. The Labute approximate surface area is 151 Å². The zero-order valence-electron chi connectivity index (χ0n) is 13.0. The molecule has 0 spiro atoms. The Morgan fingerprint density at radius 3 is 2.00 bits per heavy atom. The van der Waals surface area contributed by atoms with Gasteiger partial charge in [-0.05, 0) is 48.5 Å². The number of benzene rings is 3. The van der Waals surface area contributed by atoms with Crippen LogP contribution in [0.3, 0.4) is 0 Å². The van der Waals surface area contributed by atoms with Gasteiger partial charge in [-0.3, -0.25) is 4.79 Å². The largest absolute Gasteiger partial charge is 0.392 e. The van der Waals surface area contributed by atoms with Gasteiger partial charge in [0.15, 0.2) is 0 Å². The van der Waals surface area contributed by atoms with Crippen LogP contribution in [0.4, 0.5) is 0 Å². The number of carbonyl (C=O) groups excluding carboxylic acids is 1. The monoisotopic (exact) mass is 371 g/mol. The molecule has 0 fully saturated rings. The second-order valence-corrected chi connectivity index (χ2v) is 7.30. The maximum absolute atomic E-state index is 13.4. The fourth-order valence-corrected chi connectivity index (χ4v) is 3.62. The topological polar surface area (TPSA) is 55.7 Å². The van der Waals surface area contributed by atoms with E-state index in [9.17, 15) is 9.00 Å². The number of para-hydroxylation sites is 1. The van der Waals surface area contributed by atoms with Crippen LogP contribution in [0.1, 0.15) is 10.4 Å². The van der Waals surface area contributed by atoms with Crippen molar-refractivity contribution in [2.24, 2.45) is 4.36 Å². The van der Waals surface area contributed by atoms with Crippen LogP contribution in [0, 0.1) is 0 Å². The summed E-state index contributed by atoms with van der Waals surface area (Å²) in [6.45, 7) is 0. The molecule has 0 radical (unpaired) electrons. The van der Waals surface area contributed by atoms with Crippen molar-refractivity contribution >= 4 is 27.5 Å². The van der Waals surface area contributed by atoms with Crippen molar-refractivity contribution in [2.75, 3.05) is 0 Å². The van der Waals surface area contributed by atoms with E-state index in [2.05, 4.69) is 4.36 Å². The average molecular weight is 372 g/mol. The summed E-state index contributed by atoms with van der Waals surface area (Å²) in [5, 5.41) is 0.486. The molecule has 0 aliphatic heterocycles. The predicted octanol–water partition coefficient (Wildman–Crippen LogP) is 5.00. The van der Waals surface area contributed by atoms with Crippen LogP contribution in [-0.2, 0) is 10.0 Å². The molecule has 0 aromatic heterocycles. The molecule has 0 aliphatic rings. The van der Waals surface area contributed by atoms with E-state index < -0.39 is 15.9 Å². The van der Waals surface area contributed by atoms with Gasteiger partial charge in [0, 0.05) is 10.6 Å². The summed E-state index contributed by atoms with van der Waals surface area (Å²) in [4.78, 5) is 12.7. The third-order valence-corrected chi connectivity index (χ3v) is 5.23. The fourth-order valence-electron chi connectivity index (χ4n) is 2.08. The highest BCUT2D eigenvalue weighted by atomic mass is 35.5. The van der Waals surface area contributed by atoms with Crippen molar-refractivity contribution in [2.45, 2.75) is 4.90 Å². The van der Waals surface area contributed by atoms with Crippen molar-refractivity contribution in [3.63, 3.8) is 0 Å². The summed E-state index contributed by atoms with van der Waals surface area (Å²) in [6.07, 6.45) is 0. The summed E-state index contributed by atoms with van der Waals surface area (Å²) in [7, 11) is -3.47. The molecular formula is C19H14ClNO3S. The van der Waals surface area contributed by atoms with Crippen molar-refractivity contribution in [3.05, 3.63) is 95.5 Å². The van der Waals surface area contributed by atoms with Gasteiger partial charge in [-0.2, -0.15) is 0 Å². The Kier molecular flexibility index (Phi) is 5.16. The van der Waals surface area contributed by atoms with Gasteiger partial charge in [0.1, 0.15) is 5.75 Å². The summed E-state index contributed by atoms with van der Waals surface area (Å²) >= 11 is 5.89. The third-order valence-electron chi connectivity index (χ3n) is 3.29. The SMILES string of the molecule is O=C(N=[S@@](=O)(Oc1ccccc1)c1ccc(Cl)cc1)c1ccccc1. The van der Waals surface area contributed by atoms with E-state index in [4.69, 9.17) is 15.8 Å². The van der Waals surface area contributed by atoms with Crippen LogP contribution in [0.25, 0.3) is 0 Å². The molecule has 0 saturated carbocycles. The first-order valence-electron chi connectivity index (χ1n) is 7.43. The second kappa shape index (κ2) is 7.51. The molecule has 0 N–H and O–H groups in total. The average Bonchev–Trinajstić information content (AvgIpc) is 2.63. The van der Waals surface area contributed by atoms with Gasteiger partial charge in [0.2, 0.25) is 10.0 Å². The first-order chi connectivity index (χ1) is 12.1. The lowest BCUT2D eigenvalue weighted by molar-refractivity contribution is 0.100. The normalized spacial score (nSPS) is 12.8. The van der Waals surface area contributed by atoms with E-state index in [1.807, 2.05) is 6.07 Å². The lowest BCUT2D eigenvalue weighted by atomic mass is 10.2. The van der Waals surface area contributed by atoms with E-state index in [1.54, 1.807) is 66.7 Å². The zero-order chi connectivity index (χ0) is 17.7. The number of carbonyl (C=O) groups is 1. The number of amides is 1. The Morgan fingerprint density at radius 1 is 0.840 bits per heavy atom. The van der Waals surface area contributed by atoms with E-state index in [0.717, 1.165) is 0 Å². The smallest absolute Gasteiger partial charge is 0.287 e. The highest BCUT2D eigenvalue weighted by Crippen LogP contribution is 2.23. The van der Waals surface area contributed by atoms with Crippen molar-refractivity contribution in [1.29, 1.82) is 0 Å². The van der Waals surface area contributed by atoms with Crippen molar-refractivity contribution in [1.82, 2.24) is 0 Å². The van der Waals surface area contributed by atoms with E-state index >= 15 is 0 Å². The molecule has 0 aliphatic carbocycles. The molecule has 1 atom stereocenters. The molecule has 0 unspecified atom stereocenters. The number of hydrogen-bond acceptors (Lipinski definition) is 3. The van der Waals surface area contributed by atoms with E-state index in [0.29, 0.717) is 16.3 Å². The number of hydrogen-bond donors (Lipinski definition) is 0. The highest BCUT2D eigenvalue weighted by Gasteiger charge is 2.18. The molecule has 25 heavy (non-hydrogen) atoms. The summed E-state index contributed by atoms with van der Waals surface area (Å²) in [5.74, 6) is -0.261. The number of nitrogens with zero attached hydrogens (tertiary/aromatic N) is 1. The van der Waals surface area contributed by atoms with Crippen LogP contribution in [0.2, 0.25) is 5.02 Å². The number of halogens is 1. The molecule has 4 nitrogen and oxygen atoms in total. The van der Waals surface area contributed by atoms with Gasteiger partial charge in [-0.1, -0.05) is 48.0 Å². The molecule has 6 heteroatoms. The first kappa shape index (κ1) is 17.2. The van der Waals surface area contributed by atoms with Crippen LogP contribution in [-0.4, -0.2) is 10.1 Å². The number of rotatable bonds is 4. The molecule has 0 heterocycles. The van der Waals surface area contributed by atoms with Crippen LogP contribution >= 0.6 is 11.6 Å². The summed E-state index contributed by atoms with van der Waals surface area (Å²) in [6, 6.07) is 23.3. The Morgan fingerprint density at radius 2 is 1.40 bits per heavy atom. The molecule has 0 saturated heterocycles. The molecule has 126 valence electrons. The minimum atomic E-state index is -3.47. The van der Waals surface area contributed by atoms with Gasteiger partial charge in [-0.25, -0.2) is 4.21 Å². The minimum Gasteiger partial charge on any atom is -0.392 e. The summed E-state index contributed by atoms with van der Waals surface area (Å²) < 4.78 is 22.9. The van der Waals surface area contributed by atoms with Gasteiger partial charge in [0.05, 0.1) is 4.90 Å². The van der Waals surface area contributed by atoms with Gasteiger partial charge >= 0.3 is 0 Å². The lowest BCUT2D eigenvalue weighted by Crippen LogP contribution is -2.12. The van der Waals surface area contributed by atoms with Crippen LogP contribution in [0.15, 0.2) is 94.2 Å². The fraction of sp³-hybridized carbons (Fsp3) is 0. The quantitative estimate of drug-likeness (QED) is 0.648. The molecule has 1 amide bonds. The minimum absolute atomic E-state index is 0.269. The highest BCUT2D eigenvalue weighted by molar-refractivity contribution is 7.89. The lowest BCUT2D eigenvalue weighted by Gasteiger charge is -2.12. The molecule has 3 rings (SSSR count). The molecular weight excluding hydrogens is 358 g/mol. The van der Waals surface area contributed by atoms with Gasteiger partial charge in [0.25, 0.3) is 5.91 Å². The van der Waals surface area contributed by atoms with Gasteiger partial charge < -0.3 is 4.18 Å². The Bertz CT molecular complexity index is 980. The molecule has 3 aromatic rings. The van der Waals surface area contributed by atoms with E-state index in [1.165, 1.54) is 12.1 Å². The Balaban J connectivity index is 2.08. The van der Waals surface area contributed by atoms with E-state index in [-0.39, 0.29) is 4.90 Å². The maximum Gasteiger partial charge on any atom is 0.287 e. The zero-order valence-corrected chi connectivity index (χ0v) is 14.6. The Hall–Kier alpha value is -2.63. The standard InChI is InChI=1S/C19H14ClNO3S/c20-16-11-13-18(14-12-16)25(23,24-17-9-5-2-6-10-17)21-19(22)15-7-3-1-4-8-15/h1-14H/t25-/m0/s1. The first-order valence-corrected chi connectivity index (χ1v) is 9.25. The van der Waals surface area contributed by atoms with Crippen molar-refractivity contribution < 1.29 is 13.2 Å². The van der Waals surface area contributed by atoms with Crippen LogP contribution < -0.4 is 4.18 Å². The molecule has 3 aromatic carbocycles. The third kappa shape index (κ3) is 4.26. The molecule has 0 bridgehead atoms.